The second-order valence-electron chi connectivity index (χ2n) is 14.6. The Morgan fingerprint density at radius 1 is 0.915 bits per heavy atom. The number of halogens is 3. The number of ether oxygens (including phenoxy) is 1. The SMILES string of the molecule is CC1(C)[C@@H]2CC[C@@]1(C)c1[nH]n(-c3ccc(F)cc3)c(=O)c12.CCOC(=O)C1C(=O)[C@]2(C)CC[C@H]1C2(C)C.Cl.NNc1ccc(F)cc1. The minimum Gasteiger partial charge on any atom is -0.465 e. The number of nitrogen functional groups attached to an aromatic ring is 1. The van der Waals surface area contributed by atoms with Gasteiger partial charge in [-0.3, -0.25) is 25.3 Å². The summed E-state index contributed by atoms with van der Waals surface area (Å²) in [5.74, 6) is 4.26. The van der Waals surface area contributed by atoms with Crippen LogP contribution in [0.5, 0.6) is 0 Å². The Morgan fingerprint density at radius 2 is 1.47 bits per heavy atom. The molecule has 0 radical (unpaired) electrons. The number of nitrogens with zero attached hydrogens (tertiary/aromatic N) is 1. The zero-order chi connectivity index (χ0) is 33.8. The molecule has 4 aliphatic rings. The molecule has 4 aliphatic carbocycles. The van der Waals surface area contributed by atoms with Gasteiger partial charge in [-0.05, 0) is 104 Å². The number of aromatic nitrogens is 2. The van der Waals surface area contributed by atoms with Crippen LogP contribution in [0.15, 0.2) is 53.3 Å². The van der Waals surface area contributed by atoms with Crippen molar-refractivity contribution in [3.63, 3.8) is 0 Å². The summed E-state index contributed by atoms with van der Waals surface area (Å²) in [5.41, 5.74) is 5.59. The Kier molecular flexibility index (Phi) is 9.93. The van der Waals surface area contributed by atoms with Gasteiger partial charge in [0.05, 0.1) is 12.3 Å². The van der Waals surface area contributed by atoms with Gasteiger partial charge < -0.3 is 10.2 Å². The monoisotopic (exact) mass is 672 g/mol. The summed E-state index contributed by atoms with van der Waals surface area (Å²) in [4.78, 5) is 37.0. The van der Waals surface area contributed by atoms with Gasteiger partial charge in [-0.25, -0.2) is 13.5 Å². The highest BCUT2D eigenvalue weighted by atomic mass is 35.5. The first-order valence-electron chi connectivity index (χ1n) is 16.1. The van der Waals surface area contributed by atoms with Crippen LogP contribution in [-0.4, -0.2) is 28.1 Å². The molecule has 0 aliphatic heterocycles. The van der Waals surface area contributed by atoms with E-state index in [0.29, 0.717) is 23.9 Å². The first kappa shape index (κ1) is 36.3. The maximum atomic E-state index is 13.1. The predicted molar refractivity (Wildman–Crippen MR) is 181 cm³/mol. The molecule has 5 atom stereocenters. The average Bonchev–Trinajstić information content (AvgIpc) is 3.65. The molecule has 0 amide bonds. The molecule has 8 nitrogen and oxygen atoms in total. The van der Waals surface area contributed by atoms with Crippen LogP contribution in [0.1, 0.15) is 91.3 Å². The van der Waals surface area contributed by atoms with E-state index >= 15 is 0 Å². The fourth-order valence-electron chi connectivity index (χ4n) is 8.55. The molecule has 47 heavy (non-hydrogen) atoms. The summed E-state index contributed by atoms with van der Waals surface area (Å²) >= 11 is 0. The third-order valence-electron chi connectivity index (χ3n) is 12.2. The highest BCUT2D eigenvalue weighted by Crippen LogP contribution is 2.67. The van der Waals surface area contributed by atoms with E-state index in [4.69, 9.17) is 10.6 Å². The van der Waals surface area contributed by atoms with Crippen molar-refractivity contribution in [2.75, 3.05) is 12.0 Å². The summed E-state index contributed by atoms with van der Waals surface area (Å²) in [7, 11) is 0. The van der Waals surface area contributed by atoms with E-state index in [1.165, 1.54) is 24.3 Å². The van der Waals surface area contributed by atoms with Crippen LogP contribution in [0.3, 0.4) is 0 Å². The lowest BCUT2D eigenvalue weighted by Gasteiger charge is -2.34. The summed E-state index contributed by atoms with van der Waals surface area (Å²) in [6.45, 7) is 15.1. The summed E-state index contributed by atoms with van der Waals surface area (Å²) in [6, 6.07) is 11.9. The molecule has 3 aromatic rings. The van der Waals surface area contributed by atoms with Crippen LogP contribution in [0, 0.1) is 39.7 Å². The van der Waals surface area contributed by atoms with Gasteiger partial charge >= 0.3 is 5.97 Å². The molecule has 256 valence electrons. The number of hydrogen-bond donors (Lipinski definition) is 3. The third-order valence-corrected chi connectivity index (χ3v) is 12.2. The Morgan fingerprint density at radius 3 is 1.96 bits per heavy atom. The molecule has 7 rings (SSSR count). The Balaban J connectivity index is 0.000000171. The summed E-state index contributed by atoms with van der Waals surface area (Å²) in [6.07, 6.45) is 4.08. The largest absolute Gasteiger partial charge is 0.465 e. The van der Waals surface area contributed by atoms with Crippen LogP contribution in [0.4, 0.5) is 14.5 Å². The second kappa shape index (κ2) is 12.8. The molecule has 4 N–H and O–H groups in total. The summed E-state index contributed by atoms with van der Waals surface area (Å²) in [5, 5.41) is 3.31. The van der Waals surface area contributed by atoms with Crippen LogP contribution in [0.25, 0.3) is 5.69 Å². The number of hydrazine groups is 1. The average molecular weight is 673 g/mol. The maximum absolute atomic E-state index is 13.1. The first-order valence-corrected chi connectivity index (χ1v) is 16.1. The van der Waals surface area contributed by atoms with E-state index < -0.39 is 5.92 Å². The molecule has 4 bridgehead atoms. The lowest BCUT2D eigenvalue weighted by molar-refractivity contribution is -0.154. The van der Waals surface area contributed by atoms with Gasteiger partial charge in [0.15, 0.2) is 5.78 Å². The first-order chi connectivity index (χ1) is 21.5. The van der Waals surface area contributed by atoms with Crippen molar-refractivity contribution in [3.05, 3.63) is 81.8 Å². The smallest absolute Gasteiger partial charge is 0.316 e. The van der Waals surface area contributed by atoms with Crippen molar-refractivity contribution < 1.29 is 23.1 Å². The number of fused-ring (bicyclic) bond motifs is 7. The van der Waals surface area contributed by atoms with Gasteiger partial charge in [0.25, 0.3) is 5.56 Å². The van der Waals surface area contributed by atoms with Crippen molar-refractivity contribution in [2.45, 2.75) is 85.5 Å². The Labute approximate surface area is 281 Å². The maximum Gasteiger partial charge on any atom is 0.316 e. The molecular formula is C36H47ClF2N4O4. The number of anilines is 1. The number of nitrogens with two attached hydrogens (primary N) is 1. The van der Waals surface area contributed by atoms with E-state index in [1.54, 1.807) is 35.9 Å². The van der Waals surface area contributed by atoms with E-state index in [9.17, 15) is 23.2 Å². The van der Waals surface area contributed by atoms with E-state index in [2.05, 4.69) is 45.1 Å². The van der Waals surface area contributed by atoms with Crippen molar-refractivity contribution in [1.29, 1.82) is 0 Å². The molecule has 0 spiro atoms. The van der Waals surface area contributed by atoms with Crippen molar-refractivity contribution in [2.24, 2.45) is 33.9 Å². The molecule has 1 heterocycles. The number of nitrogens with one attached hydrogen (secondary N) is 2. The molecular weight excluding hydrogens is 626 g/mol. The number of H-pyrrole nitrogens is 1. The van der Waals surface area contributed by atoms with Gasteiger partial charge in [-0.15, -0.1) is 12.4 Å². The molecule has 3 saturated carbocycles. The number of esters is 1. The van der Waals surface area contributed by atoms with Gasteiger partial charge in [0.2, 0.25) is 0 Å². The van der Waals surface area contributed by atoms with Gasteiger partial charge in [0.1, 0.15) is 17.6 Å². The van der Waals surface area contributed by atoms with Crippen molar-refractivity contribution in [3.8, 4) is 5.69 Å². The lowest BCUT2D eigenvalue weighted by Crippen LogP contribution is -2.36. The van der Waals surface area contributed by atoms with Crippen LogP contribution >= 0.6 is 12.4 Å². The van der Waals surface area contributed by atoms with Gasteiger partial charge in [-0.2, -0.15) is 0 Å². The molecule has 11 heteroatoms. The second-order valence-corrected chi connectivity index (χ2v) is 14.6. The van der Waals surface area contributed by atoms with Crippen LogP contribution < -0.4 is 16.8 Å². The fraction of sp³-hybridized carbons (Fsp3) is 0.528. The zero-order valence-corrected chi connectivity index (χ0v) is 29.0. The normalized spacial score (nSPS) is 28.3. The molecule has 2 aromatic carbocycles. The Bertz CT molecular complexity index is 1680. The number of benzene rings is 2. The predicted octanol–water partition coefficient (Wildman–Crippen LogP) is 7.20. The molecule has 0 saturated heterocycles. The van der Waals surface area contributed by atoms with Crippen molar-refractivity contribution >= 4 is 29.8 Å². The van der Waals surface area contributed by atoms with Gasteiger partial charge in [-0.1, -0.05) is 41.5 Å². The van der Waals surface area contributed by atoms with E-state index in [1.807, 2.05) is 6.92 Å². The molecule has 1 unspecified atom stereocenters. The number of carbonyl (C=O) groups excluding carboxylic acids is 2. The number of aromatic amines is 1. The Hall–Kier alpha value is -3.50. The topological polar surface area (TPSA) is 119 Å². The summed E-state index contributed by atoms with van der Waals surface area (Å²) < 4.78 is 31.8. The molecule has 3 fully saturated rings. The highest BCUT2D eigenvalue weighted by molar-refractivity contribution is 6.05. The minimum atomic E-state index is -0.506. The fourth-order valence-corrected chi connectivity index (χ4v) is 8.55. The van der Waals surface area contributed by atoms with Crippen LogP contribution in [-0.2, 0) is 19.7 Å². The van der Waals surface area contributed by atoms with E-state index in [0.717, 1.165) is 36.9 Å². The third kappa shape index (κ3) is 5.61. The highest BCUT2D eigenvalue weighted by Gasteiger charge is 2.68. The minimum absolute atomic E-state index is 0. The quantitative estimate of drug-likeness (QED) is 0.117. The van der Waals surface area contributed by atoms with Crippen LogP contribution in [0.2, 0.25) is 0 Å². The number of hydrogen-bond acceptors (Lipinski definition) is 6. The van der Waals surface area contributed by atoms with Gasteiger partial charge in [0, 0.05) is 27.8 Å². The number of ketones is 1. The number of rotatable bonds is 4. The molecule has 1 aromatic heterocycles. The number of carbonyl (C=O) groups is 2. The lowest BCUT2D eigenvalue weighted by atomic mass is 9.70. The zero-order valence-electron chi connectivity index (χ0n) is 28.2. The van der Waals surface area contributed by atoms with Crippen molar-refractivity contribution in [1.82, 2.24) is 9.78 Å². The standard InChI is InChI=1S/C17H19FN2O.C13H20O3.C6H7FN2.ClH/c1-16(2)12-8-9-17(16,3)14-13(12)15(21)20(19-14)11-6-4-10(18)5-7-11;1-5-16-11(15)9-8-6-7-13(4,10(9)14)12(8,2)3;7-5-1-3-6(9-8)4-2-5;/h4-7,12,19H,8-9H2,1-3H3;8-9H,5-7H2,1-4H3;1-4,9H,8H2;1H/t12-,17+;8-,9?,13+;;/m11../s1. The van der Waals surface area contributed by atoms with E-state index in [-0.39, 0.29) is 68.9 Å². The number of Topliss-reactive ketones (excluding diaryl/α,β-unsaturated/α-hetero) is 1.